The Morgan fingerprint density at radius 3 is 2.28 bits per heavy atom. The van der Waals surface area contributed by atoms with Gasteiger partial charge in [-0.05, 0) is 52.0 Å². The Bertz CT molecular complexity index is 1010. The fourth-order valence-electron chi connectivity index (χ4n) is 3.26. The topological polar surface area (TPSA) is 74.8 Å². The number of oxime groups is 1. The summed E-state index contributed by atoms with van der Waals surface area (Å²) in [4.78, 5) is 12.2. The molecule has 0 aliphatic rings. The van der Waals surface area contributed by atoms with Gasteiger partial charge in [0.15, 0.2) is 5.78 Å². The van der Waals surface area contributed by atoms with Gasteiger partial charge < -0.3 is 14.9 Å². The van der Waals surface area contributed by atoms with E-state index in [1.807, 2.05) is 42.7 Å². The summed E-state index contributed by atoms with van der Waals surface area (Å²) in [6, 6.07) is 11.3. The van der Waals surface area contributed by atoms with Crippen LogP contribution in [0.1, 0.15) is 41.0 Å². The van der Waals surface area contributed by atoms with E-state index < -0.39 is 0 Å². The molecule has 0 bridgehead atoms. The largest absolute Gasteiger partial charge is 0.507 e. The molecule has 1 heterocycles. The van der Waals surface area contributed by atoms with Gasteiger partial charge in [-0.15, -0.1) is 0 Å². The number of aromatic nitrogens is 1. The van der Waals surface area contributed by atoms with Crippen LogP contribution in [0.25, 0.3) is 16.6 Å². The number of carbonyl (C=O) groups is 1. The maximum atomic E-state index is 12.2. The molecule has 0 spiro atoms. The van der Waals surface area contributed by atoms with Crippen molar-refractivity contribution in [3.05, 3.63) is 58.8 Å². The summed E-state index contributed by atoms with van der Waals surface area (Å²) in [7, 11) is 0. The van der Waals surface area contributed by atoms with Crippen LogP contribution in [0.4, 0.5) is 0 Å². The normalized spacial score (nSPS) is 11.9. The lowest BCUT2D eigenvalue weighted by molar-refractivity contribution is 0.101. The monoisotopic (exact) mass is 336 g/mol. The molecule has 1 aromatic heterocycles. The van der Waals surface area contributed by atoms with Gasteiger partial charge in [-0.3, -0.25) is 4.79 Å². The number of fused-ring (bicyclic) bond motifs is 1. The van der Waals surface area contributed by atoms with Crippen LogP contribution in [-0.4, -0.2) is 26.4 Å². The number of nitrogens with zero attached hydrogens (tertiary/aromatic N) is 2. The molecule has 0 aliphatic heterocycles. The summed E-state index contributed by atoms with van der Waals surface area (Å²) < 4.78 is 1.99. The highest BCUT2D eigenvalue weighted by Gasteiger charge is 2.21. The zero-order valence-electron chi connectivity index (χ0n) is 14.7. The van der Waals surface area contributed by atoms with Crippen LogP contribution in [-0.2, 0) is 0 Å². The molecule has 0 saturated carbocycles. The zero-order chi connectivity index (χ0) is 18.3. The molecule has 2 aromatic carbocycles. The van der Waals surface area contributed by atoms with E-state index in [2.05, 4.69) is 5.16 Å². The molecule has 0 aliphatic carbocycles. The third-order valence-corrected chi connectivity index (χ3v) is 4.51. The van der Waals surface area contributed by atoms with Gasteiger partial charge in [-0.2, -0.15) is 0 Å². The minimum absolute atomic E-state index is 0.0219. The van der Waals surface area contributed by atoms with Gasteiger partial charge in [0.1, 0.15) is 5.75 Å². The number of rotatable bonds is 3. The number of hydrogen-bond acceptors (Lipinski definition) is 4. The molecular weight excluding hydrogens is 316 g/mol. The maximum absolute atomic E-state index is 12.2. The van der Waals surface area contributed by atoms with Crippen molar-refractivity contribution in [3.63, 3.8) is 0 Å². The van der Waals surface area contributed by atoms with Crippen LogP contribution < -0.4 is 0 Å². The van der Waals surface area contributed by atoms with Crippen molar-refractivity contribution in [2.75, 3.05) is 0 Å². The lowest BCUT2D eigenvalue weighted by Crippen LogP contribution is -2.00. The third-order valence-electron chi connectivity index (χ3n) is 4.51. The summed E-state index contributed by atoms with van der Waals surface area (Å²) in [5, 5.41) is 23.2. The van der Waals surface area contributed by atoms with Gasteiger partial charge in [0, 0.05) is 27.9 Å². The van der Waals surface area contributed by atoms with Crippen molar-refractivity contribution in [2.45, 2.75) is 27.7 Å². The highest BCUT2D eigenvalue weighted by Crippen LogP contribution is 2.34. The summed E-state index contributed by atoms with van der Waals surface area (Å²) in [6.07, 6.45) is 0. The average molecular weight is 336 g/mol. The number of ketones is 1. The van der Waals surface area contributed by atoms with Crippen LogP contribution in [0, 0.1) is 13.8 Å². The van der Waals surface area contributed by atoms with Crippen molar-refractivity contribution < 1.29 is 15.1 Å². The Morgan fingerprint density at radius 1 is 1.08 bits per heavy atom. The molecular formula is C20H20N2O3. The minimum Gasteiger partial charge on any atom is -0.507 e. The first-order chi connectivity index (χ1) is 11.8. The Morgan fingerprint density at radius 2 is 1.72 bits per heavy atom. The quantitative estimate of drug-likeness (QED) is 0.323. The second-order valence-corrected chi connectivity index (χ2v) is 6.26. The van der Waals surface area contributed by atoms with Crippen molar-refractivity contribution >= 4 is 22.4 Å². The third kappa shape index (κ3) is 2.67. The van der Waals surface area contributed by atoms with Crippen LogP contribution in [0.5, 0.6) is 5.75 Å². The Kier molecular flexibility index (Phi) is 4.08. The number of hydrogen-bond donors (Lipinski definition) is 2. The summed E-state index contributed by atoms with van der Waals surface area (Å²) >= 11 is 0. The van der Waals surface area contributed by atoms with Gasteiger partial charge in [-0.25, -0.2) is 0 Å². The predicted octanol–water partition coefficient (Wildman–Crippen LogP) is 4.35. The molecule has 3 rings (SSSR count). The number of aromatic hydroxyl groups is 1. The van der Waals surface area contributed by atoms with Crippen LogP contribution in [0.15, 0.2) is 41.6 Å². The first-order valence-electron chi connectivity index (χ1n) is 8.00. The highest BCUT2D eigenvalue weighted by molar-refractivity contribution is 6.12. The Labute approximate surface area is 145 Å². The second kappa shape index (κ2) is 6.09. The van der Waals surface area contributed by atoms with Gasteiger partial charge >= 0.3 is 0 Å². The minimum atomic E-state index is -0.0620. The molecule has 2 N–H and O–H groups in total. The van der Waals surface area contributed by atoms with Crippen molar-refractivity contribution in [2.24, 2.45) is 5.16 Å². The second-order valence-electron chi connectivity index (χ2n) is 6.26. The summed E-state index contributed by atoms with van der Waals surface area (Å²) in [6.45, 7) is 7.04. The first-order valence-corrected chi connectivity index (χ1v) is 8.00. The molecule has 0 radical (unpaired) electrons. The van der Waals surface area contributed by atoms with Crippen molar-refractivity contribution in [1.82, 2.24) is 4.57 Å². The molecule has 5 nitrogen and oxygen atoms in total. The van der Waals surface area contributed by atoms with Crippen LogP contribution >= 0.6 is 0 Å². The molecule has 5 heteroatoms. The highest BCUT2D eigenvalue weighted by atomic mass is 16.4. The van der Waals surface area contributed by atoms with Crippen LogP contribution in [0.3, 0.4) is 0 Å². The SMILES string of the molecule is CC(=O)c1c(C)n(-c2ccc(C)cc2)c2cc(/C(C)=N\O)c(O)cc12. The molecule has 0 amide bonds. The smallest absolute Gasteiger partial charge is 0.162 e. The van der Waals surface area contributed by atoms with Gasteiger partial charge in [0.25, 0.3) is 0 Å². The molecule has 0 unspecified atom stereocenters. The van der Waals surface area contributed by atoms with E-state index in [0.29, 0.717) is 22.2 Å². The molecule has 0 atom stereocenters. The molecule has 0 saturated heterocycles. The number of phenols is 1. The van der Waals surface area contributed by atoms with Gasteiger partial charge in [0.05, 0.1) is 11.2 Å². The van der Waals surface area contributed by atoms with E-state index in [1.165, 1.54) is 6.92 Å². The predicted molar refractivity (Wildman–Crippen MR) is 98.4 cm³/mol. The Balaban J connectivity index is 2.44. The standard InChI is InChI=1S/C20H20N2O3/c1-11-5-7-15(8-6-11)22-13(3)20(14(4)23)17-10-19(24)16(9-18(17)22)12(2)21-25/h5-10,24-25H,1-4H3/b21-12-. The molecule has 25 heavy (non-hydrogen) atoms. The number of phenolic OH excluding ortho intramolecular Hbond substituents is 1. The number of aryl methyl sites for hydroxylation is 1. The van der Waals surface area contributed by atoms with E-state index in [1.54, 1.807) is 19.1 Å². The number of carbonyl (C=O) groups excluding carboxylic acids is 1. The van der Waals surface area contributed by atoms with Gasteiger partial charge in [-0.1, -0.05) is 22.9 Å². The van der Waals surface area contributed by atoms with Crippen molar-refractivity contribution in [3.8, 4) is 11.4 Å². The molecule has 128 valence electrons. The van der Waals surface area contributed by atoms with E-state index in [9.17, 15) is 9.90 Å². The lowest BCUT2D eigenvalue weighted by Gasteiger charge is -2.10. The molecule has 0 fully saturated rings. The lowest BCUT2D eigenvalue weighted by atomic mass is 10.0. The van der Waals surface area contributed by atoms with E-state index in [-0.39, 0.29) is 11.5 Å². The summed E-state index contributed by atoms with van der Waals surface area (Å²) in [5.74, 6) is -0.0839. The van der Waals surface area contributed by atoms with Crippen LogP contribution in [0.2, 0.25) is 0 Å². The summed E-state index contributed by atoms with van der Waals surface area (Å²) in [5.41, 5.74) is 4.97. The molecule has 3 aromatic rings. The van der Waals surface area contributed by atoms with E-state index >= 15 is 0 Å². The first kappa shape index (κ1) is 16.8. The van der Waals surface area contributed by atoms with Gasteiger partial charge in [0.2, 0.25) is 0 Å². The average Bonchev–Trinajstić information content (AvgIpc) is 2.85. The Hall–Kier alpha value is -3.08. The fraction of sp³-hybridized carbons (Fsp3) is 0.200. The fourth-order valence-corrected chi connectivity index (χ4v) is 3.26. The maximum Gasteiger partial charge on any atom is 0.162 e. The zero-order valence-corrected chi connectivity index (χ0v) is 14.7. The van der Waals surface area contributed by atoms with E-state index in [0.717, 1.165) is 22.5 Å². The number of Topliss-reactive ketones (excluding diaryl/α,β-unsaturated/α-hetero) is 1. The van der Waals surface area contributed by atoms with E-state index in [4.69, 9.17) is 5.21 Å². The van der Waals surface area contributed by atoms with Crippen molar-refractivity contribution in [1.29, 1.82) is 0 Å². The number of benzene rings is 2.